The smallest absolute Gasteiger partial charge is 0.330 e. The Kier molecular flexibility index (Phi) is 8.01. The zero-order valence-corrected chi connectivity index (χ0v) is 24.5. The zero-order valence-electron chi connectivity index (χ0n) is 22.9. The van der Waals surface area contributed by atoms with E-state index in [0.717, 1.165) is 17.5 Å². The van der Waals surface area contributed by atoms with Crippen LogP contribution in [-0.2, 0) is 19.7 Å². The van der Waals surface area contributed by atoms with Crippen molar-refractivity contribution in [3.63, 3.8) is 0 Å². The molecule has 0 saturated carbocycles. The van der Waals surface area contributed by atoms with Crippen LogP contribution in [0.15, 0.2) is 59.9 Å². The van der Waals surface area contributed by atoms with Crippen molar-refractivity contribution in [2.24, 2.45) is 5.41 Å². The number of halogens is 3. The molecule has 2 aromatic heterocycles. The number of carbonyl (C=O) groups is 1. The van der Waals surface area contributed by atoms with E-state index < -0.39 is 32.8 Å². The molecule has 10 nitrogen and oxygen atoms in total. The molecule has 2 aromatic carbocycles. The maximum atomic E-state index is 14.1. The summed E-state index contributed by atoms with van der Waals surface area (Å²) in [5, 5.41) is 2.05. The summed E-state index contributed by atoms with van der Waals surface area (Å²) in [4.78, 5) is 32.4. The molecule has 0 bridgehead atoms. The topological polar surface area (TPSA) is 118 Å². The Morgan fingerprint density at radius 2 is 1.71 bits per heavy atom. The van der Waals surface area contributed by atoms with E-state index in [1.807, 2.05) is 6.07 Å². The Labute approximate surface area is 246 Å². The first kappa shape index (κ1) is 29.5. The highest BCUT2D eigenvalue weighted by Crippen LogP contribution is 2.32. The minimum atomic E-state index is -4.38. The molecule has 14 heteroatoms. The SMILES string of the molecule is CC(C)(C)C(=O)ON1CCN(c2ncnc3ccc(-c4cnc(Cl)c(S(=O)(=O)Nc5ccc(F)cc5F)c4)cc23)CC1. The van der Waals surface area contributed by atoms with E-state index in [-0.39, 0.29) is 16.0 Å². The number of rotatable bonds is 6. The molecule has 1 N–H and O–H groups in total. The summed E-state index contributed by atoms with van der Waals surface area (Å²) < 4.78 is 55.7. The number of hydrogen-bond acceptors (Lipinski definition) is 9. The lowest BCUT2D eigenvalue weighted by Crippen LogP contribution is -2.48. The van der Waals surface area contributed by atoms with Crippen molar-refractivity contribution in [2.75, 3.05) is 35.8 Å². The Morgan fingerprint density at radius 1 is 0.976 bits per heavy atom. The van der Waals surface area contributed by atoms with Crippen LogP contribution in [0.1, 0.15) is 20.8 Å². The number of fused-ring (bicyclic) bond motifs is 1. The maximum Gasteiger partial charge on any atom is 0.330 e. The minimum absolute atomic E-state index is 0.302. The van der Waals surface area contributed by atoms with Gasteiger partial charge in [-0.3, -0.25) is 4.72 Å². The number of piperazine rings is 1. The number of benzene rings is 2. The number of nitrogens with one attached hydrogen (secondary N) is 1. The normalized spacial score (nSPS) is 14.7. The molecule has 1 aliphatic rings. The first-order valence-corrected chi connectivity index (χ1v) is 14.8. The van der Waals surface area contributed by atoms with Crippen LogP contribution in [0.25, 0.3) is 22.0 Å². The minimum Gasteiger partial charge on any atom is -0.367 e. The molecule has 0 amide bonds. The van der Waals surface area contributed by atoms with Crippen LogP contribution in [-0.4, -0.2) is 60.6 Å². The van der Waals surface area contributed by atoms with Crippen LogP contribution >= 0.6 is 11.6 Å². The van der Waals surface area contributed by atoms with Gasteiger partial charge in [-0.05, 0) is 56.7 Å². The monoisotopic (exact) mass is 616 g/mol. The van der Waals surface area contributed by atoms with Gasteiger partial charge in [0, 0.05) is 36.3 Å². The van der Waals surface area contributed by atoms with E-state index in [1.165, 1.54) is 18.6 Å². The number of hydrogen-bond donors (Lipinski definition) is 1. The van der Waals surface area contributed by atoms with Crippen molar-refractivity contribution >= 4 is 50.0 Å². The molecule has 1 aliphatic heterocycles. The Bertz CT molecular complexity index is 1780. The van der Waals surface area contributed by atoms with Crippen LogP contribution in [0.4, 0.5) is 20.3 Å². The molecular formula is C28H27ClF2N6O4S. The molecule has 0 aliphatic carbocycles. The predicted octanol–water partition coefficient (Wildman–Crippen LogP) is 5.05. The van der Waals surface area contributed by atoms with Gasteiger partial charge in [0.1, 0.15) is 33.8 Å². The highest BCUT2D eigenvalue weighted by molar-refractivity contribution is 7.92. The number of sulfonamides is 1. The Hall–Kier alpha value is -3.94. The first-order chi connectivity index (χ1) is 19.8. The average Bonchev–Trinajstić information content (AvgIpc) is 2.94. The molecule has 0 atom stereocenters. The van der Waals surface area contributed by atoms with E-state index in [9.17, 15) is 22.0 Å². The van der Waals surface area contributed by atoms with Gasteiger partial charge in [-0.1, -0.05) is 17.7 Å². The summed E-state index contributed by atoms with van der Waals surface area (Å²) in [5.74, 6) is -1.55. The largest absolute Gasteiger partial charge is 0.367 e. The average molecular weight is 617 g/mol. The summed E-state index contributed by atoms with van der Waals surface area (Å²) >= 11 is 6.14. The number of pyridine rings is 1. The van der Waals surface area contributed by atoms with Gasteiger partial charge in [-0.25, -0.2) is 36.9 Å². The van der Waals surface area contributed by atoms with Crippen LogP contribution in [0.3, 0.4) is 0 Å². The van der Waals surface area contributed by atoms with E-state index in [2.05, 4.69) is 24.6 Å². The van der Waals surface area contributed by atoms with Gasteiger partial charge >= 0.3 is 5.97 Å². The first-order valence-electron chi connectivity index (χ1n) is 12.9. The second-order valence-corrected chi connectivity index (χ2v) is 12.7. The van der Waals surface area contributed by atoms with E-state index in [0.29, 0.717) is 54.7 Å². The number of hydroxylamine groups is 2. The zero-order chi connectivity index (χ0) is 30.2. The molecule has 1 saturated heterocycles. The van der Waals surface area contributed by atoms with E-state index in [1.54, 1.807) is 38.0 Å². The van der Waals surface area contributed by atoms with Crippen LogP contribution in [0.2, 0.25) is 5.15 Å². The lowest BCUT2D eigenvalue weighted by atomic mass is 9.98. The standard InChI is InChI=1S/C28H27ClF2N6O4S/c1-28(2,3)27(38)41-37-10-8-36(9-11-37)26-20-12-17(4-6-22(20)33-16-34-26)18-13-24(25(29)32-15-18)42(39,40)35-23-7-5-19(30)14-21(23)31/h4-7,12-16,35H,8-11H2,1-3H3. The summed E-state index contributed by atoms with van der Waals surface area (Å²) in [6.07, 6.45) is 2.89. The maximum absolute atomic E-state index is 14.1. The highest BCUT2D eigenvalue weighted by atomic mass is 35.5. The Balaban J connectivity index is 1.42. The van der Waals surface area contributed by atoms with Crippen LogP contribution in [0.5, 0.6) is 0 Å². The van der Waals surface area contributed by atoms with Gasteiger partial charge in [-0.2, -0.15) is 0 Å². The summed E-state index contributed by atoms with van der Waals surface area (Å²) in [5.41, 5.74) is 0.673. The van der Waals surface area contributed by atoms with Crippen molar-refractivity contribution in [1.82, 2.24) is 20.0 Å². The lowest BCUT2D eigenvalue weighted by molar-refractivity contribution is -0.201. The second kappa shape index (κ2) is 11.4. The van der Waals surface area contributed by atoms with Gasteiger partial charge in [-0.15, -0.1) is 5.06 Å². The lowest BCUT2D eigenvalue weighted by Gasteiger charge is -2.35. The molecule has 3 heterocycles. The van der Waals surface area contributed by atoms with Crippen LogP contribution in [0, 0.1) is 17.0 Å². The molecule has 0 radical (unpaired) electrons. The molecular weight excluding hydrogens is 590 g/mol. The molecule has 0 spiro atoms. The van der Waals surface area contributed by atoms with Crippen molar-refractivity contribution in [2.45, 2.75) is 25.7 Å². The fourth-order valence-electron chi connectivity index (χ4n) is 4.27. The Morgan fingerprint density at radius 3 is 2.40 bits per heavy atom. The van der Waals surface area contributed by atoms with Crippen molar-refractivity contribution in [3.05, 3.63) is 71.8 Å². The van der Waals surface area contributed by atoms with Crippen molar-refractivity contribution < 1.29 is 26.8 Å². The number of carbonyl (C=O) groups excluding carboxylic acids is 1. The van der Waals surface area contributed by atoms with Crippen molar-refractivity contribution in [1.29, 1.82) is 0 Å². The quantitative estimate of drug-likeness (QED) is 0.297. The number of nitrogens with zero attached hydrogens (tertiary/aromatic N) is 5. The molecule has 0 unspecified atom stereocenters. The molecule has 5 rings (SSSR count). The predicted molar refractivity (Wildman–Crippen MR) is 154 cm³/mol. The summed E-state index contributed by atoms with van der Waals surface area (Å²) in [7, 11) is -4.38. The fraction of sp³-hybridized carbons (Fsp3) is 0.286. The number of anilines is 2. The molecule has 1 fully saturated rings. The molecule has 220 valence electrons. The molecule has 42 heavy (non-hydrogen) atoms. The third kappa shape index (κ3) is 6.27. The van der Waals surface area contributed by atoms with Gasteiger partial charge in [0.15, 0.2) is 0 Å². The van der Waals surface area contributed by atoms with Gasteiger partial charge < -0.3 is 9.74 Å². The van der Waals surface area contributed by atoms with E-state index in [4.69, 9.17) is 16.4 Å². The fourth-order valence-corrected chi connectivity index (χ4v) is 5.80. The third-order valence-electron chi connectivity index (χ3n) is 6.58. The molecule has 4 aromatic rings. The number of aromatic nitrogens is 3. The van der Waals surface area contributed by atoms with Gasteiger partial charge in [0.25, 0.3) is 10.0 Å². The van der Waals surface area contributed by atoms with Crippen LogP contribution < -0.4 is 9.62 Å². The van der Waals surface area contributed by atoms with Crippen molar-refractivity contribution in [3.8, 4) is 11.1 Å². The second-order valence-electron chi connectivity index (χ2n) is 10.7. The third-order valence-corrected chi connectivity index (χ3v) is 8.37. The summed E-state index contributed by atoms with van der Waals surface area (Å²) in [6.45, 7) is 7.45. The van der Waals surface area contributed by atoms with E-state index >= 15 is 0 Å². The summed E-state index contributed by atoms with van der Waals surface area (Å²) in [6, 6.07) is 9.18. The van der Waals surface area contributed by atoms with Gasteiger partial charge in [0.05, 0.1) is 29.7 Å². The highest BCUT2D eigenvalue weighted by Gasteiger charge is 2.29. The van der Waals surface area contributed by atoms with Gasteiger partial charge in [0.2, 0.25) is 0 Å².